The first-order valence-electron chi connectivity index (χ1n) is 9.43. The van der Waals surface area contributed by atoms with Crippen LogP contribution in [0.1, 0.15) is 49.6 Å². The molecule has 2 aliphatic heterocycles. The Labute approximate surface area is 167 Å². The molecule has 2 bridgehead atoms. The van der Waals surface area contributed by atoms with Crippen LogP contribution < -0.4 is 11.1 Å². The number of nitrogens with zero attached hydrogens (tertiary/aromatic N) is 4. The molecule has 5 N–H and O–H groups in total. The minimum Gasteiger partial charge on any atom is -0.420 e. The first-order valence-corrected chi connectivity index (χ1v) is 10.8. The van der Waals surface area contributed by atoms with Crippen LogP contribution in [-0.4, -0.2) is 76.5 Å². The number of aliphatic hydroxyl groups excluding tert-OH is 1. The van der Waals surface area contributed by atoms with Crippen LogP contribution in [0.3, 0.4) is 0 Å². The van der Waals surface area contributed by atoms with E-state index in [9.17, 15) is 18.3 Å². The Bertz CT molecular complexity index is 872. The maximum absolute atomic E-state index is 12.7. The van der Waals surface area contributed by atoms with E-state index >= 15 is 0 Å². The fourth-order valence-electron chi connectivity index (χ4n) is 4.11. The number of aromatic nitrogens is 2. The van der Waals surface area contributed by atoms with Gasteiger partial charge in [-0.15, -0.1) is 14.5 Å². The molecule has 14 heteroatoms. The largest absolute Gasteiger partial charge is 0.420 e. The molecule has 13 nitrogen and oxygen atoms in total. The number of hydroxylamine groups is 2. The highest BCUT2D eigenvalue weighted by atomic mass is 32.3. The topological polar surface area (TPSA) is 184 Å². The van der Waals surface area contributed by atoms with Crippen molar-refractivity contribution < 1.29 is 31.6 Å². The number of rotatable bonds is 9. The van der Waals surface area contributed by atoms with E-state index in [1.165, 1.54) is 4.90 Å². The molecule has 1 aliphatic carbocycles. The van der Waals surface area contributed by atoms with Crippen LogP contribution in [0.4, 0.5) is 4.79 Å². The summed E-state index contributed by atoms with van der Waals surface area (Å²) in [6.45, 7) is 1.63. The SMILES string of the molecule is NCCCNC[C@H](O)c1nnc([C@@H]2CC3(CC3)[C@@H]3CN2C(=O)N3OS(=O)(=O)O)o1. The molecule has 3 aliphatic rings. The molecule has 4 rings (SSSR count). The molecule has 162 valence electrons. The highest BCUT2D eigenvalue weighted by molar-refractivity contribution is 7.80. The van der Waals surface area contributed by atoms with Gasteiger partial charge < -0.3 is 25.5 Å². The Balaban J connectivity index is 1.49. The molecule has 0 aromatic carbocycles. The molecular formula is C15H24N6O7S. The zero-order chi connectivity index (χ0) is 20.8. The van der Waals surface area contributed by atoms with E-state index in [4.69, 9.17) is 14.7 Å². The van der Waals surface area contributed by atoms with Gasteiger partial charge in [0.1, 0.15) is 12.1 Å². The molecule has 0 unspecified atom stereocenters. The van der Waals surface area contributed by atoms with Crippen molar-refractivity contribution in [3.05, 3.63) is 11.8 Å². The number of urea groups is 1. The highest BCUT2D eigenvalue weighted by Gasteiger charge is 2.64. The minimum absolute atomic E-state index is 0.0323. The maximum Gasteiger partial charge on any atom is 0.418 e. The summed E-state index contributed by atoms with van der Waals surface area (Å²) in [6.07, 6.45) is 1.84. The van der Waals surface area contributed by atoms with Crippen LogP contribution in [0, 0.1) is 5.41 Å². The lowest BCUT2D eigenvalue weighted by atomic mass is 9.85. The third-order valence-corrected chi connectivity index (χ3v) is 6.11. The third-order valence-electron chi connectivity index (χ3n) is 5.76. The zero-order valence-electron chi connectivity index (χ0n) is 15.6. The Morgan fingerprint density at radius 1 is 1.41 bits per heavy atom. The summed E-state index contributed by atoms with van der Waals surface area (Å²) < 4.78 is 41.5. The lowest BCUT2D eigenvalue weighted by molar-refractivity contribution is -0.0530. The van der Waals surface area contributed by atoms with Crippen molar-refractivity contribution in [2.75, 3.05) is 26.2 Å². The van der Waals surface area contributed by atoms with E-state index in [0.717, 1.165) is 24.3 Å². The standard InChI is InChI=1S/C15H24N6O7S/c16-4-1-5-17-7-10(22)13-19-18-12(27-13)9-6-15(2-3-15)11-8-20(9)14(23)21(11)28-29(24,25)26/h9-11,17,22H,1-8,16H2,(H,24,25,26)/t9-,10-,11-/m0/s1. The van der Waals surface area contributed by atoms with Gasteiger partial charge in [0, 0.05) is 13.1 Å². The lowest BCUT2D eigenvalue weighted by Gasteiger charge is -2.34. The normalized spacial score (nSPS) is 26.4. The first kappa shape index (κ1) is 20.4. The molecule has 0 radical (unpaired) electrons. The average Bonchev–Trinajstić information content (AvgIpc) is 3.14. The van der Waals surface area contributed by atoms with Gasteiger partial charge in [-0.2, -0.15) is 13.5 Å². The number of hydrogen-bond donors (Lipinski definition) is 4. The number of nitrogens with two attached hydrogens (primary N) is 1. The number of amides is 2. The fraction of sp³-hybridized carbons (Fsp3) is 0.800. The van der Waals surface area contributed by atoms with Crippen LogP contribution in [0.25, 0.3) is 0 Å². The van der Waals surface area contributed by atoms with Gasteiger partial charge in [0.15, 0.2) is 0 Å². The number of hydrogen-bond acceptors (Lipinski definition) is 10. The van der Waals surface area contributed by atoms with Gasteiger partial charge in [0.25, 0.3) is 0 Å². The van der Waals surface area contributed by atoms with Crippen LogP contribution in [0.2, 0.25) is 0 Å². The number of piperidine rings is 1. The molecular weight excluding hydrogens is 408 g/mol. The van der Waals surface area contributed by atoms with Crippen LogP contribution in [0.15, 0.2) is 4.42 Å². The summed E-state index contributed by atoms with van der Waals surface area (Å²) in [7, 11) is -4.82. The quantitative estimate of drug-likeness (QED) is 0.280. The van der Waals surface area contributed by atoms with Gasteiger partial charge in [0.05, 0.1) is 6.04 Å². The van der Waals surface area contributed by atoms with Crippen LogP contribution in [0.5, 0.6) is 0 Å². The summed E-state index contributed by atoms with van der Waals surface area (Å²) >= 11 is 0. The number of nitrogens with one attached hydrogen (secondary N) is 1. The average molecular weight is 432 g/mol. The zero-order valence-corrected chi connectivity index (χ0v) is 16.4. The monoisotopic (exact) mass is 432 g/mol. The van der Waals surface area contributed by atoms with Crippen LogP contribution in [-0.2, 0) is 14.7 Å². The van der Waals surface area contributed by atoms with E-state index in [0.29, 0.717) is 19.5 Å². The summed E-state index contributed by atoms with van der Waals surface area (Å²) in [5, 5.41) is 21.9. The van der Waals surface area contributed by atoms with Crippen molar-refractivity contribution in [1.82, 2.24) is 25.5 Å². The minimum atomic E-state index is -4.82. The second-order valence-electron chi connectivity index (χ2n) is 7.70. The van der Waals surface area contributed by atoms with Gasteiger partial charge in [-0.05, 0) is 44.2 Å². The summed E-state index contributed by atoms with van der Waals surface area (Å²) in [4.78, 5) is 14.1. The summed E-state index contributed by atoms with van der Waals surface area (Å²) in [6, 6.07) is -1.73. The summed E-state index contributed by atoms with van der Waals surface area (Å²) in [5.74, 6) is 0.206. The van der Waals surface area contributed by atoms with E-state index in [1.807, 2.05) is 0 Å². The molecule has 1 aromatic heterocycles. The van der Waals surface area contributed by atoms with Crippen LogP contribution >= 0.6 is 0 Å². The number of carbonyl (C=O) groups excluding carboxylic acids is 1. The van der Waals surface area contributed by atoms with Gasteiger partial charge in [0.2, 0.25) is 11.8 Å². The maximum atomic E-state index is 12.7. The molecule has 3 atom stereocenters. The molecule has 3 fully saturated rings. The molecule has 29 heavy (non-hydrogen) atoms. The predicted octanol–water partition coefficient (Wildman–Crippen LogP) is -0.893. The van der Waals surface area contributed by atoms with Gasteiger partial charge in [-0.1, -0.05) is 0 Å². The Kier molecular flexibility index (Phi) is 5.25. The van der Waals surface area contributed by atoms with Crippen molar-refractivity contribution in [2.24, 2.45) is 11.1 Å². The second-order valence-corrected chi connectivity index (χ2v) is 8.71. The van der Waals surface area contributed by atoms with Crippen molar-refractivity contribution in [1.29, 1.82) is 0 Å². The third kappa shape index (κ3) is 3.95. The van der Waals surface area contributed by atoms with Crippen molar-refractivity contribution in [3.63, 3.8) is 0 Å². The smallest absolute Gasteiger partial charge is 0.418 e. The van der Waals surface area contributed by atoms with Gasteiger partial charge in [-0.25, -0.2) is 4.79 Å². The molecule has 3 heterocycles. The highest BCUT2D eigenvalue weighted by Crippen LogP contribution is 2.61. The predicted molar refractivity (Wildman–Crippen MR) is 95.2 cm³/mol. The van der Waals surface area contributed by atoms with Gasteiger partial charge >= 0.3 is 16.4 Å². The first-order chi connectivity index (χ1) is 13.7. The molecule has 1 spiro atoms. The van der Waals surface area contributed by atoms with E-state index in [2.05, 4.69) is 19.8 Å². The van der Waals surface area contributed by atoms with E-state index < -0.39 is 34.6 Å². The molecule has 1 aromatic rings. The van der Waals surface area contributed by atoms with Crippen molar-refractivity contribution in [3.8, 4) is 0 Å². The lowest BCUT2D eigenvalue weighted by Crippen LogP contribution is -2.43. The number of carbonyl (C=O) groups is 1. The van der Waals surface area contributed by atoms with Crippen molar-refractivity contribution in [2.45, 2.75) is 43.9 Å². The molecule has 2 saturated heterocycles. The number of fused-ring (bicyclic) bond motifs is 3. The Hall–Kier alpha value is -1.84. The summed E-state index contributed by atoms with van der Waals surface area (Å²) in [5.41, 5.74) is 5.09. The Morgan fingerprint density at radius 2 is 2.17 bits per heavy atom. The Morgan fingerprint density at radius 3 is 2.83 bits per heavy atom. The van der Waals surface area contributed by atoms with E-state index in [-0.39, 0.29) is 30.3 Å². The molecule has 2 amide bonds. The number of aliphatic hydroxyl groups is 1. The molecule has 1 saturated carbocycles. The van der Waals surface area contributed by atoms with Crippen molar-refractivity contribution >= 4 is 16.4 Å². The fourth-order valence-corrected chi connectivity index (χ4v) is 4.48. The van der Waals surface area contributed by atoms with E-state index in [1.54, 1.807) is 0 Å². The second kappa shape index (κ2) is 7.45. The van der Waals surface area contributed by atoms with Gasteiger partial charge in [-0.3, -0.25) is 4.55 Å².